The van der Waals surface area contributed by atoms with Crippen molar-refractivity contribution in [3.63, 3.8) is 0 Å². The number of amides is 4. The predicted molar refractivity (Wildman–Crippen MR) is 93.6 cm³/mol. The normalized spacial score (nSPS) is 19.1. The third-order valence-corrected chi connectivity index (χ3v) is 4.48. The highest BCUT2D eigenvalue weighted by Crippen LogP contribution is 2.32. The van der Waals surface area contributed by atoms with Gasteiger partial charge < -0.3 is 10.6 Å². The van der Waals surface area contributed by atoms with Gasteiger partial charge in [0.1, 0.15) is 23.7 Å². The van der Waals surface area contributed by atoms with Crippen LogP contribution in [0, 0.1) is 11.6 Å². The largest absolute Gasteiger partial charge is 0.325 e. The van der Waals surface area contributed by atoms with Crippen molar-refractivity contribution in [1.82, 2.24) is 10.2 Å². The summed E-state index contributed by atoms with van der Waals surface area (Å²) in [6.45, 7) is 1.17. The van der Waals surface area contributed by atoms with E-state index in [0.29, 0.717) is 18.1 Å². The maximum absolute atomic E-state index is 13.7. The molecule has 0 saturated carbocycles. The molecule has 2 N–H and O–H groups in total. The van der Waals surface area contributed by atoms with Gasteiger partial charge in [-0.15, -0.1) is 0 Å². The van der Waals surface area contributed by atoms with Crippen LogP contribution in [0.1, 0.15) is 18.9 Å². The van der Waals surface area contributed by atoms with Crippen LogP contribution < -0.4 is 10.6 Å². The number of rotatable bonds is 5. The third-order valence-electron chi connectivity index (χ3n) is 4.48. The second-order valence-electron chi connectivity index (χ2n) is 6.12. The Morgan fingerprint density at radius 1 is 1.15 bits per heavy atom. The van der Waals surface area contributed by atoms with E-state index in [-0.39, 0.29) is 5.69 Å². The van der Waals surface area contributed by atoms with Crippen molar-refractivity contribution in [3.05, 3.63) is 65.7 Å². The molecule has 1 aliphatic rings. The molecule has 0 radical (unpaired) electrons. The zero-order valence-corrected chi connectivity index (χ0v) is 14.5. The van der Waals surface area contributed by atoms with Crippen molar-refractivity contribution in [2.75, 3.05) is 11.9 Å². The molecule has 2 aromatic carbocycles. The first-order valence-electron chi connectivity index (χ1n) is 8.32. The molecule has 1 aliphatic heterocycles. The second kappa shape index (κ2) is 7.14. The zero-order chi connectivity index (χ0) is 19.6. The summed E-state index contributed by atoms with van der Waals surface area (Å²) in [4.78, 5) is 38.2. The van der Waals surface area contributed by atoms with Gasteiger partial charge >= 0.3 is 6.03 Å². The lowest BCUT2D eigenvalue weighted by molar-refractivity contribution is -0.134. The van der Waals surface area contributed by atoms with Crippen molar-refractivity contribution in [1.29, 1.82) is 0 Å². The number of hydrogen-bond acceptors (Lipinski definition) is 3. The van der Waals surface area contributed by atoms with Crippen molar-refractivity contribution in [2.45, 2.75) is 18.9 Å². The Kier molecular flexibility index (Phi) is 4.89. The highest BCUT2D eigenvalue weighted by molar-refractivity contribution is 6.10. The molecule has 0 bridgehead atoms. The van der Waals surface area contributed by atoms with Gasteiger partial charge in [-0.3, -0.25) is 14.5 Å². The van der Waals surface area contributed by atoms with Gasteiger partial charge in [0, 0.05) is 6.07 Å². The van der Waals surface area contributed by atoms with E-state index in [1.165, 1.54) is 0 Å². The number of carbonyl (C=O) groups excluding carboxylic acids is 3. The lowest BCUT2D eigenvalue weighted by atomic mass is 9.87. The molecule has 1 fully saturated rings. The molecular weight excluding hydrogens is 356 g/mol. The molecule has 0 aliphatic carbocycles. The van der Waals surface area contributed by atoms with E-state index >= 15 is 0 Å². The van der Waals surface area contributed by atoms with Crippen LogP contribution in [0.4, 0.5) is 19.3 Å². The minimum Gasteiger partial charge on any atom is -0.322 e. The Balaban J connectivity index is 1.78. The average Bonchev–Trinajstić information content (AvgIpc) is 2.90. The summed E-state index contributed by atoms with van der Waals surface area (Å²) in [7, 11) is 0. The Labute approximate surface area is 154 Å². The molecular formula is C19H17F2N3O3. The van der Waals surface area contributed by atoms with E-state index in [1.807, 2.05) is 0 Å². The monoisotopic (exact) mass is 373 g/mol. The van der Waals surface area contributed by atoms with Gasteiger partial charge in [0.2, 0.25) is 5.91 Å². The number of imide groups is 1. The molecule has 3 rings (SSSR count). The first kappa shape index (κ1) is 18.5. The van der Waals surface area contributed by atoms with E-state index in [4.69, 9.17) is 0 Å². The minimum atomic E-state index is -1.25. The van der Waals surface area contributed by atoms with Gasteiger partial charge in [0.25, 0.3) is 5.91 Å². The average molecular weight is 373 g/mol. The summed E-state index contributed by atoms with van der Waals surface area (Å²) in [6, 6.07) is 10.7. The molecule has 1 heterocycles. The van der Waals surface area contributed by atoms with Gasteiger partial charge in [0.15, 0.2) is 0 Å². The van der Waals surface area contributed by atoms with Crippen LogP contribution in [0.3, 0.4) is 0 Å². The SMILES string of the molecule is CCC1(c2ccccc2)NC(=O)N(CC(=O)Nc2ccc(F)cc2F)C1=O. The predicted octanol–water partition coefficient (Wildman–Crippen LogP) is 2.76. The topological polar surface area (TPSA) is 78.5 Å². The van der Waals surface area contributed by atoms with E-state index < -0.39 is 41.6 Å². The van der Waals surface area contributed by atoms with Gasteiger partial charge in [-0.25, -0.2) is 13.6 Å². The zero-order valence-electron chi connectivity index (χ0n) is 14.5. The number of carbonyl (C=O) groups is 3. The maximum atomic E-state index is 13.7. The van der Waals surface area contributed by atoms with Gasteiger partial charge in [-0.2, -0.15) is 0 Å². The molecule has 2 aromatic rings. The highest BCUT2D eigenvalue weighted by atomic mass is 19.1. The van der Waals surface area contributed by atoms with Crippen LogP contribution in [0.2, 0.25) is 0 Å². The number of benzene rings is 2. The van der Waals surface area contributed by atoms with Crippen LogP contribution >= 0.6 is 0 Å². The van der Waals surface area contributed by atoms with Crippen molar-refractivity contribution in [3.8, 4) is 0 Å². The summed E-state index contributed by atoms with van der Waals surface area (Å²) in [5.41, 5.74) is -0.878. The fourth-order valence-electron chi connectivity index (χ4n) is 3.06. The molecule has 0 aromatic heterocycles. The number of anilines is 1. The van der Waals surface area contributed by atoms with E-state index in [2.05, 4.69) is 10.6 Å². The summed E-state index contributed by atoms with van der Waals surface area (Å²) >= 11 is 0. The van der Waals surface area contributed by atoms with Crippen molar-refractivity contribution >= 4 is 23.5 Å². The van der Waals surface area contributed by atoms with Gasteiger partial charge in [0.05, 0.1) is 5.69 Å². The summed E-state index contributed by atoms with van der Waals surface area (Å²) in [6.07, 6.45) is 0.298. The molecule has 4 amide bonds. The fourth-order valence-corrected chi connectivity index (χ4v) is 3.06. The lowest BCUT2D eigenvalue weighted by Gasteiger charge is -2.25. The Bertz CT molecular complexity index is 904. The van der Waals surface area contributed by atoms with Crippen LogP contribution in [-0.4, -0.2) is 29.3 Å². The molecule has 27 heavy (non-hydrogen) atoms. The molecule has 6 nitrogen and oxygen atoms in total. The summed E-state index contributed by atoms with van der Waals surface area (Å²) in [5.74, 6) is -3.07. The van der Waals surface area contributed by atoms with Gasteiger partial charge in [-0.05, 0) is 24.1 Å². The van der Waals surface area contributed by atoms with Crippen molar-refractivity contribution in [2.24, 2.45) is 0 Å². The van der Waals surface area contributed by atoms with Crippen molar-refractivity contribution < 1.29 is 23.2 Å². The quantitative estimate of drug-likeness (QED) is 0.791. The lowest BCUT2D eigenvalue weighted by Crippen LogP contribution is -2.44. The number of nitrogens with zero attached hydrogens (tertiary/aromatic N) is 1. The Morgan fingerprint density at radius 2 is 1.85 bits per heavy atom. The Hall–Kier alpha value is -3.29. The van der Waals surface area contributed by atoms with Crippen LogP contribution in [-0.2, 0) is 15.1 Å². The smallest absolute Gasteiger partial charge is 0.322 e. The fraction of sp³-hybridized carbons (Fsp3) is 0.211. The number of hydrogen-bond donors (Lipinski definition) is 2. The number of nitrogens with one attached hydrogen (secondary N) is 2. The molecule has 1 atom stereocenters. The summed E-state index contributed by atoms with van der Waals surface area (Å²) in [5, 5.41) is 4.89. The molecule has 0 spiro atoms. The first-order valence-corrected chi connectivity index (χ1v) is 8.32. The standard InChI is InChI=1S/C19H17F2N3O3/c1-2-19(12-6-4-3-5-7-12)17(26)24(18(27)23-19)11-16(25)22-15-9-8-13(20)10-14(15)21/h3-10H,2,11H2,1H3,(H,22,25)(H,23,27). The van der Waals surface area contributed by atoms with Crippen LogP contribution in [0.5, 0.6) is 0 Å². The van der Waals surface area contributed by atoms with Crippen LogP contribution in [0.15, 0.2) is 48.5 Å². The summed E-state index contributed by atoms with van der Waals surface area (Å²) < 4.78 is 26.6. The highest BCUT2D eigenvalue weighted by Gasteiger charge is 2.51. The molecule has 8 heteroatoms. The molecule has 1 saturated heterocycles. The number of urea groups is 1. The minimum absolute atomic E-state index is 0.238. The third kappa shape index (κ3) is 3.38. The van der Waals surface area contributed by atoms with E-state index in [9.17, 15) is 23.2 Å². The number of halogens is 2. The second-order valence-corrected chi connectivity index (χ2v) is 6.12. The molecule has 140 valence electrons. The maximum Gasteiger partial charge on any atom is 0.325 e. The van der Waals surface area contributed by atoms with E-state index in [0.717, 1.165) is 17.0 Å². The Morgan fingerprint density at radius 3 is 2.48 bits per heavy atom. The van der Waals surface area contributed by atoms with Gasteiger partial charge in [-0.1, -0.05) is 37.3 Å². The van der Waals surface area contributed by atoms with E-state index in [1.54, 1.807) is 37.3 Å². The first-order chi connectivity index (χ1) is 12.9. The van der Waals surface area contributed by atoms with Crippen LogP contribution in [0.25, 0.3) is 0 Å². The molecule has 1 unspecified atom stereocenters.